The summed E-state index contributed by atoms with van der Waals surface area (Å²) >= 11 is 4.99. The van der Waals surface area contributed by atoms with Gasteiger partial charge in [-0.05, 0) is 50.9 Å². The topological polar surface area (TPSA) is 46.4 Å². The molecular formula is C13H13BrN2O2S. The molecule has 2 rings (SSSR count). The Morgan fingerprint density at radius 3 is 2.79 bits per heavy atom. The predicted octanol–water partition coefficient (Wildman–Crippen LogP) is 4.05. The van der Waals surface area contributed by atoms with Crippen molar-refractivity contribution < 1.29 is 4.92 Å². The lowest BCUT2D eigenvalue weighted by Gasteiger charge is -2.16. The molecule has 1 aromatic carbocycles. The van der Waals surface area contributed by atoms with Crippen LogP contribution < -0.4 is 0 Å². The van der Waals surface area contributed by atoms with Gasteiger partial charge in [0.25, 0.3) is 5.69 Å². The zero-order valence-electron chi connectivity index (χ0n) is 10.4. The average Bonchev–Trinajstić information content (AvgIpc) is 2.84. The van der Waals surface area contributed by atoms with Crippen LogP contribution in [0.25, 0.3) is 0 Å². The summed E-state index contributed by atoms with van der Waals surface area (Å²) in [5.74, 6) is 0. The van der Waals surface area contributed by atoms with E-state index in [9.17, 15) is 10.1 Å². The molecule has 100 valence electrons. The maximum atomic E-state index is 10.9. The molecule has 0 N–H and O–H groups in total. The molecule has 2 aromatic rings. The number of rotatable bonds is 5. The van der Waals surface area contributed by atoms with Gasteiger partial charge in [0.15, 0.2) is 0 Å². The van der Waals surface area contributed by atoms with Crippen molar-refractivity contribution in [2.45, 2.75) is 13.1 Å². The van der Waals surface area contributed by atoms with Gasteiger partial charge in [0.05, 0.1) is 9.40 Å². The fraction of sp³-hybridized carbons (Fsp3) is 0.231. The summed E-state index contributed by atoms with van der Waals surface area (Å²) in [5, 5.41) is 15.0. The molecular weight excluding hydrogens is 328 g/mol. The van der Waals surface area contributed by atoms with E-state index in [4.69, 9.17) is 0 Å². The van der Waals surface area contributed by atoms with Gasteiger partial charge in [0.1, 0.15) is 0 Å². The van der Waals surface area contributed by atoms with E-state index in [1.54, 1.807) is 17.4 Å². The summed E-state index contributed by atoms with van der Waals surface area (Å²) in [6.07, 6.45) is 0. The van der Waals surface area contributed by atoms with Crippen LogP contribution in [0.5, 0.6) is 0 Å². The Hall–Kier alpha value is -1.24. The Morgan fingerprint density at radius 2 is 2.16 bits per heavy atom. The average molecular weight is 341 g/mol. The smallest absolute Gasteiger partial charge is 0.283 e. The number of nitrogens with zero attached hydrogens (tertiary/aromatic N) is 2. The van der Waals surface area contributed by atoms with Crippen molar-refractivity contribution in [3.05, 3.63) is 60.7 Å². The Bertz CT molecular complexity index is 572. The quantitative estimate of drug-likeness (QED) is 0.609. The summed E-state index contributed by atoms with van der Waals surface area (Å²) in [6.45, 7) is 1.50. The van der Waals surface area contributed by atoms with Crippen LogP contribution in [0.1, 0.15) is 11.1 Å². The second kappa shape index (κ2) is 6.27. The Labute approximate surface area is 124 Å². The minimum Gasteiger partial charge on any atom is -0.298 e. The molecule has 0 saturated carbocycles. The molecule has 1 aromatic heterocycles. The van der Waals surface area contributed by atoms with Crippen molar-refractivity contribution in [2.24, 2.45) is 0 Å². The highest BCUT2D eigenvalue weighted by Crippen LogP contribution is 2.29. The van der Waals surface area contributed by atoms with E-state index in [0.717, 1.165) is 12.1 Å². The van der Waals surface area contributed by atoms with Crippen molar-refractivity contribution in [3.63, 3.8) is 0 Å². The molecule has 0 radical (unpaired) electrons. The van der Waals surface area contributed by atoms with Crippen molar-refractivity contribution >= 4 is 33.0 Å². The Morgan fingerprint density at radius 1 is 1.37 bits per heavy atom. The van der Waals surface area contributed by atoms with Crippen molar-refractivity contribution in [3.8, 4) is 0 Å². The predicted molar refractivity (Wildman–Crippen MR) is 80.3 cm³/mol. The largest absolute Gasteiger partial charge is 0.298 e. The molecule has 0 aliphatic heterocycles. The summed E-state index contributed by atoms with van der Waals surface area (Å²) in [5.41, 5.74) is 2.29. The standard InChI is InChI=1S/C13H13BrN2O2S/c1-15(7-10-5-6-19-9-10)8-11-3-2-4-12(13(11)14)16(17)18/h2-6,9H,7-8H2,1H3. The Balaban J connectivity index is 2.10. The Kier molecular flexibility index (Phi) is 4.68. The number of benzene rings is 1. The van der Waals surface area contributed by atoms with E-state index in [0.29, 0.717) is 11.0 Å². The van der Waals surface area contributed by atoms with Crippen LogP contribution in [0, 0.1) is 10.1 Å². The van der Waals surface area contributed by atoms with E-state index < -0.39 is 0 Å². The lowest BCUT2D eigenvalue weighted by molar-refractivity contribution is -0.385. The third-order valence-corrected chi connectivity index (χ3v) is 4.38. The molecule has 1 heterocycles. The maximum absolute atomic E-state index is 10.9. The molecule has 0 spiro atoms. The number of nitro benzene ring substituents is 1. The zero-order chi connectivity index (χ0) is 13.8. The van der Waals surface area contributed by atoms with Gasteiger partial charge < -0.3 is 0 Å². The third-order valence-electron chi connectivity index (χ3n) is 2.73. The maximum Gasteiger partial charge on any atom is 0.283 e. The van der Waals surface area contributed by atoms with Gasteiger partial charge in [-0.25, -0.2) is 0 Å². The van der Waals surface area contributed by atoms with Crippen molar-refractivity contribution in [1.29, 1.82) is 0 Å². The first-order chi connectivity index (χ1) is 9.08. The van der Waals surface area contributed by atoms with Gasteiger partial charge in [-0.1, -0.05) is 12.1 Å². The van der Waals surface area contributed by atoms with Crippen LogP contribution in [0.4, 0.5) is 5.69 Å². The molecule has 19 heavy (non-hydrogen) atoms. The van der Waals surface area contributed by atoms with Crippen molar-refractivity contribution in [1.82, 2.24) is 4.90 Å². The lowest BCUT2D eigenvalue weighted by atomic mass is 10.2. The molecule has 0 aliphatic rings. The minimum atomic E-state index is -0.369. The minimum absolute atomic E-state index is 0.112. The molecule has 0 amide bonds. The number of thiophene rings is 1. The van der Waals surface area contributed by atoms with Gasteiger partial charge >= 0.3 is 0 Å². The molecule has 4 nitrogen and oxygen atoms in total. The van der Waals surface area contributed by atoms with Crippen LogP contribution in [0.2, 0.25) is 0 Å². The van der Waals surface area contributed by atoms with Crippen molar-refractivity contribution in [2.75, 3.05) is 7.05 Å². The van der Waals surface area contributed by atoms with E-state index in [1.165, 1.54) is 11.6 Å². The fourth-order valence-electron chi connectivity index (χ4n) is 1.87. The van der Waals surface area contributed by atoms with E-state index in [1.807, 2.05) is 18.5 Å². The second-order valence-corrected chi connectivity index (χ2v) is 5.88. The van der Waals surface area contributed by atoms with Crippen LogP contribution in [0.15, 0.2) is 39.5 Å². The lowest BCUT2D eigenvalue weighted by Crippen LogP contribution is -2.17. The monoisotopic (exact) mass is 340 g/mol. The molecule has 0 unspecified atom stereocenters. The second-order valence-electron chi connectivity index (χ2n) is 4.31. The molecule has 6 heteroatoms. The van der Waals surface area contributed by atoms with Gasteiger partial charge in [-0.2, -0.15) is 11.3 Å². The molecule has 0 saturated heterocycles. The van der Waals surface area contributed by atoms with Crippen LogP contribution in [-0.4, -0.2) is 16.9 Å². The van der Waals surface area contributed by atoms with Gasteiger partial charge in [-0.15, -0.1) is 0 Å². The molecule has 0 bridgehead atoms. The van der Waals surface area contributed by atoms with E-state index in [-0.39, 0.29) is 10.6 Å². The number of hydrogen-bond donors (Lipinski definition) is 0. The first-order valence-corrected chi connectivity index (χ1v) is 7.43. The van der Waals surface area contributed by atoms with Crippen LogP contribution >= 0.6 is 27.3 Å². The van der Waals surface area contributed by atoms with E-state index in [2.05, 4.69) is 32.3 Å². The summed E-state index contributed by atoms with van der Waals surface area (Å²) in [4.78, 5) is 12.6. The SMILES string of the molecule is CN(Cc1ccsc1)Cc1cccc([N+](=O)[O-])c1Br. The number of nitro groups is 1. The highest BCUT2D eigenvalue weighted by molar-refractivity contribution is 9.10. The number of hydrogen-bond acceptors (Lipinski definition) is 4. The summed E-state index contributed by atoms with van der Waals surface area (Å²) in [7, 11) is 2.00. The number of halogens is 1. The summed E-state index contributed by atoms with van der Waals surface area (Å²) < 4.78 is 0.567. The first-order valence-electron chi connectivity index (χ1n) is 5.69. The fourth-order valence-corrected chi connectivity index (χ4v) is 3.06. The molecule has 0 aliphatic carbocycles. The van der Waals surface area contributed by atoms with Crippen LogP contribution in [-0.2, 0) is 13.1 Å². The third kappa shape index (κ3) is 3.62. The van der Waals surface area contributed by atoms with Crippen LogP contribution in [0.3, 0.4) is 0 Å². The molecule has 0 fully saturated rings. The highest BCUT2D eigenvalue weighted by atomic mass is 79.9. The van der Waals surface area contributed by atoms with E-state index >= 15 is 0 Å². The highest BCUT2D eigenvalue weighted by Gasteiger charge is 2.15. The zero-order valence-corrected chi connectivity index (χ0v) is 12.8. The molecule has 0 atom stereocenters. The summed E-state index contributed by atoms with van der Waals surface area (Å²) in [6, 6.07) is 7.22. The normalized spacial score (nSPS) is 10.9. The first kappa shape index (κ1) is 14.2. The van der Waals surface area contributed by atoms with Gasteiger partial charge in [0.2, 0.25) is 0 Å². The van der Waals surface area contributed by atoms with Gasteiger partial charge in [-0.3, -0.25) is 15.0 Å². The van der Waals surface area contributed by atoms with Gasteiger partial charge in [0, 0.05) is 19.2 Å².